The summed E-state index contributed by atoms with van der Waals surface area (Å²) in [7, 11) is -3.78. The molecule has 28 heavy (non-hydrogen) atoms. The highest BCUT2D eigenvalue weighted by atomic mass is 32.2. The maximum absolute atomic E-state index is 12.9. The first-order valence-electron chi connectivity index (χ1n) is 9.37. The van der Waals surface area contributed by atoms with E-state index in [9.17, 15) is 8.42 Å². The SMILES string of the molecule is Cc1ccc(S(=O)(=O)Nc2nc3ccccc3nc2NCCC(C)C)cc1C. The van der Waals surface area contributed by atoms with Crippen molar-refractivity contribution in [3.63, 3.8) is 0 Å². The molecule has 0 atom stereocenters. The summed E-state index contributed by atoms with van der Waals surface area (Å²) in [5, 5.41) is 3.23. The highest BCUT2D eigenvalue weighted by Gasteiger charge is 2.19. The minimum absolute atomic E-state index is 0.207. The van der Waals surface area contributed by atoms with Crippen LogP contribution in [-0.4, -0.2) is 24.9 Å². The Balaban J connectivity index is 1.98. The van der Waals surface area contributed by atoms with Crippen molar-refractivity contribution in [3.05, 3.63) is 53.6 Å². The molecule has 0 aliphatic carbocycles. The molecule has 0 spiro atoms. The molecule has 0 bridgehead atoms. The van der Waals surface area contributed by atoms with Crippen LogP contribution in [-0.2, 0) is 10.0 Å². The molecular formula is C21H26N4O2S. The van der Waals surface area contributed by atoms with Crippen molar-refractivity contribution in [1.82, 2.24) is 9.97 Å². The summed E-state index contributed by atoms with van der Waals surface area (Å²) in [5.74, 6) is 1.17. The largest absolute Gasteiger partial charge is 0.367 e. The quantitative estimate of drug-likeness (QED) is 0.612. The van der Waals surface area contributed by atoms with E-state index in [0.717, 1.165) is 17.5 Å². The van der Waals surface area contributed by atoms with Gasteiger partial charge < -0.3 is 5.32 Å². The summed E-state index contributed by atoms with van der Waals surface area (Å²) in [4.78, 5) is 9.30. The minimum atomic E-state index is -3.78. The van der Waals surface area contributed by atoms with Crippen LogP contribution in [0.1, 0.15) is 31.4 Å². The lowest BCUT2D eigenvalue weighted by atomic mass is 10.1. The molecule has 0 aliphatic rings. The van der Waals surface area contributed by atoms with Gasteiger partial charge in [0.1, 0.15) is 0 Å². The Morgan fingerprint density at radius 2 is 1.57 bits per heavy atom. The van der Waals surface area contributed by atoms with Crippen molar-refractivity contribution in [3.8, 4) is 0 Å². The number of sulfonamides is 1. The second-order valence-corrected chi connectivity index (χ2v) is 9.05. The van der Waals surface area contributed by atoms with E-state index < -0.39 is 10.0 Å². The Bertz CT molecular complexity index is 1090. The van der Waals surface area contributed by atoms with Crippen LogP contribution >= 0.6 is 0 Å². The summed E-state index contributed by atoms with van der Waals surface area (Å²) in [5.41, 5.74) is 3.31. The minimum Gasteiger partial charge on any atom is -0.367 e. The molecule has 2 N–H and O–H groups in total. The molecule has 7 heteroatoms. The zero-order valence-electron chi connectivity index (χ0n) is 16.7. The van der Waals surface area contributed by atoms with Gasteiger partial charge in [0, 0.05) is 6.54 Å². The second-order valence-electron chi connectivity index (χ2n) is 7.37. The van der Waals surface area contributed by atoms with Gasteiger partial charge in [-0.25, -0.2) is 18.4 Å². The molecule has 0 saturated carbocycles. The molecule has 1 heterocycles. The predicted molar refractivity (Wildman–Crippen MR) is 114 cm³/mol. The zero-order chi connectivity index (χ0) is 20.3. The van der Waals surface area contributed by atoms with Crippen LogP contribution in [0.4, 0.5) is 11.6 Å². The summed E-state index contributed by atoms with van der Waals surface area (Å²) in [6, 6.07) is 12.5. The fraction of sp³-hybridized carbons (Fsp3) is 0.333. The lowest BCUT2D eigenvalue weighted by Crippen LogP contribution is -2.17. The molecule has 2 aromatic carbocycles. The number of aromatic nitrogens is 2. The average molecular weight is 399 g/mol. The molecule has 3 aromatic rings. The molecule has 0 fully saturated rings. The van der Waals surface area contributed by atoms with Crippen LogP contribution in [0.25, 0.3) is 11.0 Å². The summed E-state index contributed by atoms with van der Waals surface area (Å²) in [6.07, 6.45) is 0.942. The Kier molecular flexibility index (Phi) is 5.84. The van der Waals surface area contributed by atoms with E-state index in [1.54, 1.807) is 18.2 Å². The highest BCUT2D eigenvalue weighted by molar-refractivity contribution is 7.92. The van der Waals surface area contributed by atoms with E-state index in [1.165, 1.54) is 0 Å². The third-order valence-corrected chi connectivity index (χ3v) is 5.94. The lowest BCUT2D eigenvalue weighted by Gasteiger charge is -2.15. The Morgan fingerprint density at radius 3 is 2.18 bits per heavy atom. The predicted octanol–water partition coefficient (Wildman–Crippen LogP) is 4.51. The van der Waals surface area contributed by atoms with E-state index in [4.69, 9.17) is 0 Å². The fourth-order valence-corrected chi connectivity index (χ4v) is 3.83. The number of benzene rings is 2. The Labute approximate surface area is 166 Å². The van der Waals surface area contributed by atoms with Crippen molar-refractivity contribution >= 4 is 32.7 Å². The van der Waals surface area contributed by atoms with Crippen molar-refractivity contribution in [1.29, 1.82) is 0 Å². The van der Waals surface area contributed by atoms with Crippen molar-refractivity contribution in [2.45, 2.75) is 39.0 Å². The number of hydrogen-bond acceptors (Lipinski definition) is 5. The van der Waals surface area contributed by atoms with Gasteiger partial charge in [-0.2, -0.15) is 0 Å². The maximum Gasteiger partial charge on any atom is 0.263 e. The van der Waals surface area contributed by atoms with Crippen LogP contribution in [0, 0.1) is 19.8 Å². The number of para-hydroxylation sites is 2. The molecule has 148 valence electrons. The third kappa shape index (κ3) is 4.59. The molecule has 0 aliphatic heterocycles. The summed E-state index contributed by atoms with van der Waals surface area (Å²) in [6.45, 7) is 8.80. The number of hydrogen-bond donors (Lipinski definition) is 2. The topological polar surface area (TPSA) is 84.0 Å². The van der Waals surface area contributed by atoms with Crippen LogP contribution in [0.15, 0.2) is 47.4 Å². The van der Waals surface area contributed by atoms with Crippen molar-refractivity contribution in [2.75, 3.05) is 16.6 Å². The van der Waals surface area contributed by atoms with Crippen LogP contribution < -0.4 is 10.0 Å². The van der Waals surface area contributed by atoms with Gasteiger partial charge in [-0.05, 0) is 61.6 Å². The van der Waals surface area contributed by atoms with Crippen LogP contribution in [0.3, 0.4) is 0 Å². The van der Waals surface area contributed by atoms with Gasteiger partial charge in [0.2, 0.25) is 0 Å². The standard InChI is InChI=1S/C21H26N4O2S/c1-14(2)11-12-22-20-21(24-19-8-6-5-7-18(19)23-20)25-28(26,27)17-10-9-15(3)16(4)13-17/h5-10,13-14H,11-12H2,1-4H3,(H,22,23)(H,24,25). The molecule has 0 amide bonds. The second kappa shape index (κ2) is 8.14. The Hall–Kier alpha value is -2.67. The summed E-state index contributed by atoms with van der Waals surface area (Å²) >= 11 is 0. The molecule has 0 unspecified atom stereocenters. The lowest BCUT2D eigenvalue weighted by molar-refractivity contribution is 0.600. The molecular weight excluding hydrogens is 372 g/mol. The van der Waals surface area contributed by atoms with Crippen molar-refractivity contribution in [2.24, 2.45) is 5.92 Å². The summed E-state index contributed by atoms with van der Waals surface area (Å²) < 4.78 is 28.5. The number of nitrogens with zero attached hydrogens (tertiary/aromatic N) is 2. The Morgan fingerprint density at radius 1 is 0.929 bits per heavy atom. The number of fused-ring (bicyclic) bond motifs is 1. The van der Waals surface area contributed by atoms with Gasteiger partial charge in [0.05, 0.1) is 15.9 Å². The van der Waals surface area contributed by atoms with E-state index in [1.807, 2.05) is 38.1 Å². The molecule has 0 saturated heterocycles. The number of rotatable bonds is 7. The van der Waals surface area contributed by atoms with Crippen LogP contribution in [0.5, 0.6) is 0 Å². The number of aryl methyl sites for hydroxylation is 2. The molecule has 3 rings (SSSR count). The third-order valence-electron chi connectivity index (χ3n) is 4.60. The fourth-order valence-electron chi connectivity index (χ4n) is 2.74. The molecule has 1 aromatic heterocycles. The first-order valence-corrected chi connectivity index (χ1v) is 10.9. The number of anilines is 2. The van der Waals surface area contributed by atoms with Gasteiger partial charge in [-0.1, -0.05) is 32.0 Å². The molecule has 0 radical (unpaired) electrons. The van der Waals surface area contributed by atoms with E-state index in [2.05, 4.69) is 33.9 Å². The number of nitrogens with one attached hydrogen (secondary N) is 2. The highest BCUT2D eigenvalue weighted by Crippen LogP contribution is 2.25. The van der Waals surface area contributed by atoms with E-state index in [0.29, 0.717) is 29.3 Å². The van der Waals surface area contributed by atoms with Crippen molar-refractivity contribution < 1.29 is 8.42 Å². The zero-order valence-corrected chi connectivity index (χ0v) is 17.5. The van der Waals surface area contributed by atoms with Gasteiger partial charge in [-0.3, -0.25) is 4.72 Å². The van der Waals surface area contributed by atoms with Gasteiger partial charge in [-0.15, -0.1) is 0 Å². The average Bonchev–Trinajstić information content (AvgIpc) is 2.63. The first-order chi connectivity index (χ1) is 13.3. The normalized spacial score (nSPS) is 11.8. The van der Waals surface area contributed by atoms with Gasteiger partial charge >= 0.3 is 0 Å². The van der Waals surface area contributed by atoms with E-state index >= 15 is 0 Å². The van der Waals surface area contributed by atoms with E-state index in [-0.39, 0.29) is 10.7 Å². The smallest absolute Gasteiger partial charge is 0.263 e. The molecule has 6 nitrogen and oxygen atoms in total. The monoisotopic (exact) mass is 398 g/mol. The van der Waals surface area contributed by atoms with Gasteiger partial charge in [0.15, 0.2) is 11.6 Å². The first kappa shape index (κ1) is 20.1. The maximum atomic E-state index is 12.9. The van der Waals surface area contributed by atoms with Gasteiger partial charge in [0.25, 0.3) is 10.0 Å². The van der Waals surface area contributed by atoms with Crippen LogP contribution in [0.2, 0.25) is 0 Å².